The minimum Gasteiger partial charge on any atom is -0.497 e. The van der Waals surface area contributed by atoms with E-state index < -0.39 is 18.0 Å². The van der Waals surface area contributed by atoms with Crippen molar-refractivity contribution in [3.05, 3.63) is 29.8 Å². The van der Waals surface area contributed by atoms with Crippen LogP contribution in [0.2, 0.25) is 0 Å². The predicted octanol–water partition coefficient (Wildman–Crippen LogP) is 0.930. The van der Waals surface area contributed by atoms with Gasteiger partial charge in [0.15, 0.2) is 0 Å². The van der Waals surface area contributed by atoms with Gasteiger partial charge in [-0.05, 0) is 31.2 Å². The van der Waals surface area contributed by atoms with Gasteiger partial charge >= 0.3 is 11.9 Å². The number of cyclic esters (lactones) is 1. The van der Waals surface area contributed by atoms with Gasteiger partial charge in [-0.1, -0.05) is 0 Å². The van der Waals surface area contributed by atoms with E-state index in [1.54, 1.807) is 38.3 Å². The molecule has 1 aromatic rings. The molecule has 100 valence electrons. The number of esters is 2. The second-order valence-corrected chi connectivity index (χ2v) is 3.74. The molecule has 2 rings (SSSR count). The number of methoxy groups -OCH3 is 1. The van der Waals surface area contributed by atoms with Crippen molar-refractivity contribution in [2.75, 3.05) is 13.7 Å². The Hall–Kier alpha value is -2.37. The summed E-state index contributed by atoms with van der Waals surface area (Å²) in [5.74, 6) is -0.624. The fraction of sp³-hybridized carbons (Fsp3) is 0.308. The first-order valence-corrected chi connectivity index (χ1v) is 5.76. The number of hydrogen-bond donors (Lipinski definition) is 0. The summed E-state index contributed by atoms with van der Waals surface area (Å²) in [5, 5.41) is 0. The largest absolute Gasteiger partial charge is 0.497 e. The third-order valence-corrected chi connectivity index (χ3v) is 2.51. The summed E-state index contributed by atoms with van der Waals surface area (Å²) >= 11 is 0. The monoisotopic (exact) mass is 263 g/mol. The fourth-order valence-corrected chi connectivity index (χ4v) is 1.58. The Morgan fingerprint density at radius 3 is 2.63 bits per heavy atom. The van der Waals surface area contributed by atoms with Crippen LogP contribution in [0.3, 0.4) is 0 Å². The lowest BCUT2D eigenvalue weighted by Crippen LogP contribution is -2.27. The summed E-state index contributed by atoms with van der Waals surface area (Å²) in [7, 11) is 1.55. The molecule has 6 nitrogen and oxygen atoms in total. The van der Waals surface area contributed by atoms with Crippen LogP contribution in [0.25, 0.3) is 0 Å². The van der Waals surface area contributed by atoms with Gasteiger partial charge in [-0.3, -0.25) is 0 Å². The van der Waals surface area contributed by atoms with E-state index >= 15 is 0 Å². The van der Waals surface area contributed by atoms with Gasteiger partial charge in [0, 0.05) is 5.56 Å². The highest BCUT2D eigenvalue weighted by molar-refractivity contribution is 6.13. The van der Waals surface area contributed by atoms with Crippen LogP contribution in [0.4, 0.5) is 0 Å². The fourth-order valence-electron chi connectivity index (χ4n) is 1.58. The Morgan fingerprint density at radius 2 is 2.05 bits per heavy atom. The molecule has 1 heterocycles. The molecule has 19 heavy (non-hydrogen) atoms. The zero-order valence-corrected chi connectivity index (χ0v) is 10.6. The van der Waals surface area contributed by atoms with Crippen LogP contribution in [0, 0.1) is 0 Å². The van der Waals surface area contributed by atoms with Crippen molar-refractivity contribution in [1.82, 2.24) is 0 Å². The zero-order valence-electron chi connectivity index (χ0n) is 10.6. The van der Waals surface area contributed by atoms with Crippen LogP contribution in [0.1, 0.15) is 12.5 Å². The Kier molecular flexibility index (Phi) is 3.79. The van der Waals surface area contributed by atoms with Crippen LogP contribution in [-0.2, 0) is 19.1 Å². The van der Waals surface area contributed by atoms with E-state index in [1.807, 2.05) is 0 Å². The predicted molar refractivity (Wildman–Crippen MR) is 66.0 cm³/mol. The van der Waals surface area contributed by atoms with Crippen molar-refractivity contribution >= 4 is 17.8 Å². The van der Waals surface area contributed by atoms with Gasteiger partial charge in [-0.25, -0.2) is 14.6 Å². The molecule has 0 aliphatic carbocycles. The molecule has 6 heteroatoms. The highest BCUT2D eigenvalue weighted by atomic mass is 16.6. The van der Waals surface area contributed by atoms with Crippen molar-refractivity contribution in [2.24, 2.45) is 4.99 Å². The van der Waals surface area contributed by atoms with Gasteiger partial charge < -0.3 is 14.2 Å². The maximum Gasteiger partial charge on any atom is 0.349 e. The Bertz CT molecular complexity index is 520. The minimum atomic E-state index is -1.22. The van der Waals surface area contributed by atoms with Gasteiger partial charge in [-0.2, -0.15) is 0 Å². The number of carbonyl (C=O) groups is 2. The molecule has 1 aliphatic rings. The standard InChI is InChI=1S/C13H13NO5/c1-3-18-12(15)10-13(16)19-11(14-10)8-4-6-9(17-2)7-5-8/h4-7,10H,3H2,1-2H3. The van der Waals surface area contributed by atoms with Crippen molar-refractivity contribution in [2.45, 2.75) is 13.0 Å². The molecule has 0 amide bonds. The number of benzene rings is 1. The average Bonchev–Trinajstić information content (AvgIpc) is 2.81. The first-order valence-electron chi connectivity index (χ1n) is 5.76. The maximum atomic E-state index is 11.5. The molecule has 0 aromatic heterocycles. The summed E-state index contributed by atoms with van der Waals surface area (Å²) in [5.41, 5.74) is 0.598. The Labute approximate surface area is 110 Å². The molecular formula is C13H13NO5. The summed E-state index contributed by atoms with van der Waals surface area (Å²) in [4.78, 5) is 27.0. The molecule has 1 unspecified atom stereocenters. The molecule has 0 bridgehead atoms. The van der Waals surface area contributed by atoms with Crippen LogP contribution in [0.5, 0.6) is 5.75 Å². The molecule has 0 radical (unpaired) electrons. The van der Waals surface area contributed by atoms with Gasteiger partial charge in [0.05, 0.1) is 13.7 Å². The van der Waals surface area contributed by atoms with Gasteiger partial charge in [0.2, 0.25) is 11.9 Å². The summed E-state index contributed by atoms with van der Waals surface area (Å²) in [6.45, 7) is 1.85. The summed E-state index contributed by atoms with van der Waals surface area (Å²) in [6, 6.07) is 5.58. The maximum absolute atomic E-state index is 11.5. The molecule has 0 N–H and O–H groups in total. The molecule has 1 aliphatic heterocycles. The Morgan fingerprint density at radius 1 is 1.37 bits per heavy atom. The number of aliphatic imine (C=N–C) groups is 1. The van der Waals surface area contributed by atoms with Crippen molar-refractivity contribution in [3.63, 3.8) is 0 Å². The number of rotatable bonds is 4. The molecule has 1 atom stereocenters. The third kappa shape index (κ3) is 2.73. The third-order valence-electron chi connectivity index (χ3n) is 2.51. The van der Waals surface area contributed by atoms with Crippen molar-refractivity contribution in [1.29, 1.82) is 0 Å². The average molecular weight is 263 g/mol. The molecule has 0 saturated carbocycles. The lowest BCUT2D eigenvalue weighted by Gasteiger charge is -2.02. The van der Waals surface area contributed by atoms with E-state index in [4.69, 9.17) is 14.2 Å². The van der Waals surface area contributed by atoms with E-state index in [9.17, 15) is 9.59 Å². The zero-order chi connectivity index (χ0) is 13.8. The van der Waals surface area contributed by atoms with Crippen molar-refractivity contribution < 1.29 is 23.8 Å². The summed E-state index contributed by atoms with van der Waals surface area (Å²) in [6.07, 6.45) is 0. The number of ether oxygens (including phenoxy) is 3. The lowest BCUT2D eigenvalue weighted by molar-refractivity contribution is -0.150. The number of carbonyl (C=O) groups excluding carboxylic acids is 2. The molecular weight excluding hydrogens is 250 g/mol. The highest BCUT2D eigenvalue weighted by Gasteiger charge is 2.36. The highest BCUT2D eigenvalue weighted by Crippen LogP contribution is 2.17. The van der Waals surface area contributed by atoms with Crippen LogP contribution in [-0.4, -0.2) is 37.6 Å². The summed E-state index contributed by atoms with van der Waals surface area (Å²) < 4.78 is 14.7. The van der Waals surface area contributed by atoms with E-state index in [-0.39, 0.29) is 12.5 Å². The van der Waals surface area contributed by atoms with Gasteiger partial charge in [-0.15, -0.1) is 0 Å². The van der Waals surface area contributed by atoms with Crippen LogP contribution in [0.15, 0.2) is 29.3 Å². The smallest absolute Gasteiger partial charge is 0.349 e. The molecule has 1 aromatic carbocycles. The second kappa shape index (κ2) is 5.51. The first kappa shape index (κ1) is 13.1. The topological polar surface area (TPSA) is 74.2 Å². The molecule has 0 spiro atoms. The normalized spacial score (nSPS) is 17.7. The van der Waals surface area contributed by atoms with E-state index in [2.05, 4.69) is 4.99 Å². The lowest BCUT2D eigenvalue weighted by atomic mass is 10.2. The quantitative estimate of drug-likeness (QED) is 0.596. The van der Waals surface area contributed by atoms with Gasteiger partial charge in [0.1, 0.15) is 5.75 Å². The number of hydrogen-bond acceptors (Lipinski definition) is 6. The molecule has 0 fully saturated rings. The van der Waals surface area contributed by atoms with Crippen LogP contribution >= 0.6 is 0 Å². The first-order chi connectivity index (χ1) is 9.15. The van der Waals surface area contributed by atoms with E-state index in [1.165, 1.54) is 0 Å². The van der Waals surface area contributed by atoms with E-state index in [0.29, 0.717) is 11.3 Å². The second-order valence-electron chi connectivity index (χ2n) is 3.74. The van der Waals surface area contributed by atoms with Gasteiger partial charge in [0.25, 0.3) is 0 Å². The molecule has 0 saturated heterocycles. The van der Waals surface area contributed by atoms with Crippen LogP contribution < -0.4 is 4.74 Å². The SMILES string of the molecule is CCOC(=O)C1N=C(c2ccc(OC)cc2)OC1=O. The van der Waals surface area contributed by atoms with E-state index in [0.717, 1.165) is 0 Å². The van der Waals surface area contributed by atoms with Crippen molar-refractivity contribution in [3.8, 4) is 5.75 Å². The minimum absolute atomic E-state index is 0.116. The number of nitrogens with zero attached hydrogens (tertiary/aromatic N) is 1. The Balaban J connectivity index is 2.18.